The van der Waals surface area contributed by atoms with E-state index < -0.39 is 28.5 Å². The van der Waals surface area contributed by atoms with Crippen LogP contribution in [0.2, 0.25) is 0 Å². The Morgan fingerprint density at radius 2 is 2.04 bits per heavy atom. The Morgan fingerprint density at radius 3 is 2.70 bits per heavy atom. The van der Waals surface area contributed by atoms with Gasteiger partial charge in [-0.3, -0.25) is 4.79 Å². The first-order valence-electron chi connectivity index (χ1n) is 7.00. The third-order valence-electron chi connectivity index (χ3n) is 2.79. The predicted octanol–water partition coefficient (Wildman–Crippen LogP) is 3.76. The van der Waals surface area contributed by atoms with E-state index in [1.165, 1.54) is 29.2 Å². The first-order chi connectivity index (χ1) is 11.0. The fourth-order valence-corrected chi connectivity index (χ4v) is 3.53. The van der Waals surface area contributed by atoms with Gasteiger partial charge >= 0.3 is 0 Å². The second-order valence-electron chi connectivity index (χ2n) is 4.65. The van der Waals surface area contributed by atoms with Crippen molar-refractivity contribution in [3.8, 4) is 0 Å². The van der Waals surface area contributed by atoms with Crippen LogP contribution in [0, 0.1) is 11.6 Å². The highest BCUT2D eigenvalue weighted by atomic mass is 32.2. The van der Waals surface area contributed by atoms with Crippen molar-refractivity contribution < 1.29 is 13.6 Å². The maximum atomic E-state index is 13.5. The average Bonchev–Trinajstić information content (AvgIpc) is 2.96. The van der Waals surface area contributed by atoms with E-state index in [2.05, 4.69) is 20.8 Å². The summed E-state index contributed by atoms with van der Waals surface area (Å²) >= 11 is 2.52. The Morgan fingerprint density at radius 1 is 1.35 bits per heavy atom. The van der Waals surface area contributed by atoms with Gasteiger partial charge in [0.2, 0.25) is 11.0 Å². The van der Waals surface area contributed by atoms with Crippen molar-refractivity contribution in [3.63, 3.8) is 0 Å². The largest absolute Gasteiger partial charge is 0.360 e. The number of thioether (sulfide) groups is 1. The van der Waals surface area contributed by atoms with Gasteiger partial charge in [0.1, 0.15) is 17.3 Å². The summed E-state index contributed by atoms with van der Waals surface area (Å²) in [5, 5.41) is 13.4. The molecule has 0 saturated heterocycles. The highest BCUT2D eigenvalue weighted by Crippen LogP contribution is 2.29. The molecule has 124 valence electrons. The molecule has 2 rings (SSSR count). The molecule has 23 heavy (non-hydrogen) atoms. The van der Waals surface area contributed by atoms with Gasteiger partial charge in [-0.25, -0.2) is 8.78 Å². The number of carbonyl (C=O) groups excluding carboxylic acids is 1. The van der Waals surface area contributed by atoms with Crippen molar-refractivity contribution in [2.75, 3.05) is 17.2 Å². The molecule has 2 aromatic rings. The van der Waals surface area contributed by atoms with Gasteiger partial charge in [0.05, 0.1) is 5.25 Å². The summed E-state index contributed by atoms with van der Waals surface area (Å²) in [7, 11) is 0. The molecule has 1 aromatic heterocycles. The van der Waals surface area contributed by atoms with E-state index in [0.29, 0.717) is 9.47 Å². The second-order valence-corrected chi connectivity index (χ2v) is 7.21. The lowest BCUT2D eigenvalue weighted by molar-refractivity contribution is -0.115. The number of hydrogen-bond acceptors (Lipinski definition) is 6. The minimum Gasteiger partial charge on any atom is -0.360 e. The molecule has 1 aromatic carbocycles. The Hall–Kier alpha value is -1.74. The first-order valence-corrected chi connectivity index (χ1v) is 8.69. The molecule has 0 spiro atoms. The number of aromatic nitrogens is 2. The van der Waals surface area contributed by atoms with Crippen LogP contribution >= 0.6 is 23.1 Å². The van der Waals surface area contributed by atoms with Crippen LogP contribution in [0.15, 0.2) is 22.5 Å². The number of benzene rings is 1. The molecule has 0 bridgehead atoms. The molecule has 9 heteroatoms. The quantitative estimate of drug-likeness (QED) is 0.738. The molecule has 0 unspecified atom stereocenters. The van der Waals surface area contributed by atoms with Crippen molar-refractivity contribution in [1.82, 2.24) is 10.2 Å². The minimum absolute atomic E-state index is 0.437. The average molecular weight is 358 g/mol. The molecule has 0 aliphatic carbocycles. The maximum absolute atomic E-state index is 13.5. The molecule has 1 amide bonds. The predicted molar refractivity (Wildman–Crippen MR) is 89.0 cm³/mol. The Labute approximate surface area is 140 Å². The zero-order chi connectivity index (χ0) is 16.8. The van der Waals surface area contributed by atoms with Gasteiger partial charge < -0.3 is 10.6 Å². The fraction of sp³-hybridized carbons (Fsp3) is 0.357. The third kappa shape index (κ3) is 4.87. The molecule has 0 saturated carbocycles. The number of carbonyl (C=O) groups is 1. The van der Waals surface area contributed by atoms with E-state index in [0.717, 1.165) is 25.1 Å². The third-order valence-corrected chi connectivity index (χ3v) is 4.86. The number of halogens is 2. The SMILES string of the molecule is CCCNc1nnc(S[C@@H](C)C(=O)Nc2c(F)cccc2F)s1. The van der Waals surface area contributed by atoms with Crippen molar-refractivity contribution in [2.24, 2.45) is 0 Å². The molecule has 0 radical (unpaired) electrons. The molecule has 0 fully saturated rings. The second kappa shape index (κ2) is 8.21. The van der Waals surface area contributed by atoms with Gasteiger partial charge in [0, 0.05) is 6.54 Å². The van der Waals surface area contributed by atoms with Crippen LogP contribution < -0.4 is 10.6 Å². The Kier molecular flexibility index (Phi) is 6.28. The highest BCUT2D eigenvalue weighted by molar-refractivity contribution is 8.02. The van der Waals surface area contributed by atoms with Gasteiger partial charge in [-0.05, 0) is 25.5 Å². The molecule has 1 atom stereocenters. The number of para-hydroxylation sites is 1. The van der Waals surface area contributed by atoms with Crippen LogP contribution in [0.4, 0.5) is 19.6 Å². The van der Waals surface area contributed by atoms with Crippen molar-refractivity contribution in [1.29, 1.82) is 0 Å². The van der Waals surface area contributed by atoms with Crippen LogP contribution in [0.1, 0.15) is 20.3 Å². The number of nitrogens with one attached hydrogen (secondary N) is 2. The van der Waals surface area contributed by atoms with E-state index in [1.54, 1.807) is 6.92 Å². The summed E-state index contributed by atoms with van der Waals surface area (Å²) in [6, 6.07) is 3.42. The van der Waals surface area contributed by atoms with Crippen molar-refractivity contribution in [3.05, 3.63) is 29.8 Å². The summed E-state index contributed by atoms with van der Waals surface area (Å²) in [5.41, 5.74) is -0.437. The molecule has 1 heterocycles. The monoisotopic (exact) mass is 358 g/mol. The zero-order valence-electron chi connectivity index (χ0n) is 12.6. The summed E-state index contributed by atoms with van der Waals surface area (Å²) in [5.74, 6) is -2.12. The number of rotatable bonds is 7. The van der Waals surface area contributed by atoms with E-state index in [4.69, 9.17) is 0 Å². The molecule has 0 aliphatic rings. The molecular weight excluding hydrogens is 342 g/mol. The summed E-state index contributed by atoms with van der Waals surface area (Å²) in [6.07, 6.45) is 0.967. The van der Waals surface area contributed by atoms with Crippen LogP contribution in [0.3, 0.4) is 0 Å². The van der Waals surface area contributed by atoms with Crippen LogP contribution in [0.5, 0.6) is 0 Å². The Bertz CT molecular complexity index is 660. The van der Waals surface area contributed by atoms with E-state index in [9.17, 15) is 13.6 Å². The van der Waals surface area contributed by atoms with Crippen molar-refractivity contribution >= 4 is 39.8 Å². The topological polar surface area (TPSA) is 66.9 Å². The zero-order valence-corrected chi connectivity index (χ0v) is 14.2. The molecule has 5 nitrogen and oxygen atoms in total. The number of amides is 1. The van der Waals surface area contributed by atoms with E-state index in [1.807, 2.05) is 6.92 Å². The van der Waals surface area contributed by atoms with Crippen LogP contribution in [0.25, 0.3) is 0 Å². The highest BCUT2D eigenvalue weighted by Gasteiger charge is 2.20. The summed E-state index contributed by atoms with van der Waals surface area (Å²) in [6.45, 7) is 4.47. The number of hydrogen-bond donors (Lipinski definition) is 2. The smallest absolute Gasteiger partial charge is 0.237 e. The van der Waals surface area contributed by atoms with E-state index in [-0.39, 0.29) is 0 Å². The van der Waals surface area contributed by atoms with Gasteiger partial charge in [0.15, 0.2) is 4.34 Å². The maximum Gasteiger partial charge on any atom is 0.237 e. The lowest BCUT2D eigenvalue weighted by atomic mass is 10.3. The summed E-state index contributed by atoms with van der Waals surface area (Å²) in [4.78, 5) is 12.1. The minimum atomic E-state index is -0.808. The standard InChI is InChI=1S/C14H16F2N4OS2/c1-3-7-17-13-19-20-14(23-13)22-8(2)12(21)18-11-9(15)5-4-6-10(11)16/h4-6,8H,3,7H2,1-2H3,(H,17,19)(H,18,21)/t8-/m0/s1. The summed E-state index contributed by atoms with van der Waals surface area (Å²) < 4.78 is 27.7. The molecule has 2 N–H and O–H groups in total. The van der Waals surface area contributed by atoms with Gasteiger partial charge in [-0.15, -0.1) is 10.2 Å². The van der Waals surface area contributed by atoms with Crippen LogP contribution in [-0.4, -0.2) is 27.9 Å². The normalized spacial score (nSPS) is 12.0. The fourth-order valence-electron chi connectivity index (χ4n) is 1.61. The molecular formula is C14H16F2N4OS2. The first kappa shape index (κ1) is 17.6. The Balaban J connectivity index is 1.96. The van der Waals surface area contributed by atoms with Crippen molar-refractivity contribution in [2.45, 2.75) is 29.9 Å². The van der Waals surface area contributed by atoms with Gasteiger partial charge in [-0.1, -0.05) is 36.1 Å². The number of anilines is 2. The molecule has 0 aliphatic heterocycles. The lowest BCUT2D eigenvalue weighted by Crippen LogP contribution is -2.23. The van der Waals surface area contributed by atoms with E-state index >= 15 is 0 Å². The van der Waals surface area contributed by atoms with Crippen LogP contribution in [-0.2, 0) is 4.79 Å². The van der Waals surface area contributed by atoms with Gasteiger partial charge in [0.25, 0.3) is 0 Å². The lowest BCUT2D eigenvalue weighted by Gasteiger charge is -2.11. The number of nitrogens with zero attached hydrogens (tertiary/aromatic N) is 2. The van der Waals surface area contributed by atoms with Gasteiger partial charge in [-0.2, -0.15) is 0 Å².